The molecular formula is C20H36O16. The third-order valence-corrected chi connectivity index (χ3v) is 6.53. The van der Waals surface area contributed by atoms with E-state index in [2.05, 4.69) is 0 Å². The van der Waals surface area contributed by atoms with Crippen LogP contribution in [0.25, 0.3) is 0 Å². The molecule has 0 bridgehead atoms. The van der Waals surface area contributed by atoms with Crippen LogP contribution in [0, 0.1) is 0 Å². The number of aliphatic hydroxyl groups excluding tert-OH is 9. The molecule has 0 aromatic rings. The summed E-state index contributed by atoms with van der Waals surface area (Å²) in [6.07, 6.45) is -22.2. The van der Waals surface area contributed by atoms with E-state index < -0.39 is 112 Å². The van der Waals surface area contributed by atoms with Crippen molar-refractivity contribution in [3.63, 3.8) is 0 Å². The lowest BCUT2D eigenvalue weighted by Gasteiger charge is -2.47. The fourth-order valence-corrected chi connectivity index (χ4v) is 4.41. The van der Waals surface area contributed by atoms with Gasteiger partial charge in [-0.25, -0.2) is 0 Å². The second-order valence-electron chi connectivity index (χ2n) is 8.80. The summed E-state index contributed by atoms with van der Waals surface area (Å²) < 4.78 is 37.6. The van der Waals surface area contributed by atoms with E-state index >= 15 is 0 Å². The van der Waals surface area contributed by atoms with Gasteiger partial charge in [0, 0.05) is 14.2 Å². The van der Waals surface area contributed by atoms with Gasteiger partial charge in [0.2, 0.25) is 0 Å². The Balaban J connectivity index is 1.75. The normalized spacial score (nSPS) is 50.2. The highest BCUT2D eigenvalue weighted by Gasteiger charge is 2.52. The van der Waals surface area contributed by atoms with Gasteiger partial charge in [-0.3, -0.25) is 0 Å². The minimum absolute atomic E-state index is 0.507. The Morgan fingerprint density at radius 2 is 1.06 bits per heavy atom. The van der Waals surface area contributed by atoms with Gasteiger partial charge in [-0.05, 0) is 0 Å². The summed E-state index contributed by atoms with van der Waals surface area (Å²) in [5.74, 6) is 0. The topological polar surface area (TPSA) is 247 Å². The molecule has 212 valence electrons. The molecule has 9 N–H and O–H groups in total. The van der Waals surface area contributed by atoms with Gasteiger partial charge >= 0.3 is 0 Å². The summed E-state index contributed by atoms with van der Waals surface area (Å²) in [6.45, 7) is -1.78. The van der Waals surface area contributed by atoms with Crippen molar-refractivity contribution in [3.05, 3.63) is 0 Å². The number of rotatable bonds is 9. The van der Waals surface area contributed by atoms with Gasteiger partial charge in [0.05, 0.1) is 19.8 Å². The Kier molecular flexibility index (Phi) is 10.8. The second kappa shape index (κ2) is 12.9. The van der Waals surface area contributed by atoms with E-state index in [0.29, 0.717) is 0 Å². The number of aliphatic hydroxyl groups is 9. The van der Waals surface area contributed by atoms with Crippen LogP contribution in [0.4, 0.5) is 0 Å². The number of hydrogen-bond acceptors (Lipinski definition) is 16. The molecule has 36 heavy (non-hydrogen) atoms. The van der Waals surface area contributed by atoms with E-state index in [9.17, 15) is 46.0 Å². The Hall–Kier alpha value is -0.640. The lowest BCUT2D eigenvalue weighted by molar-refractivity contribution is -0.366. The maximum absolute atomic E-state index is 10.7. The van der Waals surface area contributed by atoms with E-state index in [-0.39, 0.29) is 0 Å². The summed E-state index contributed by atoms with van der Waals surface area (Å²) in [5.41, 5.74) is 0. The van der Waals surface area contributed by atoms with Gasteiger partial charge in [0.25, 0.3) is 0 Å². The summed E-state index contributed by atoms with van der Waals surface area (Å²) in [7, 11) is 2.46. The largest absolute Gasteiger partial charge is 0.394 e. The van der Waals surface area contributed by atoms with E-state index in [1.54, 1.807) is 0 Å². The van der Waals surface area contributed by atoms with Crippen molar-refractivity contribution in [2.45, 2.75) is 92.1 Å². The molecule has 3 aliphatic rings. The van der Waals surface area contributed by atoms with E-state index in [1.165, 1.54) is 14.2 Å². The van der Waals surface area contributed by atoms with E-state index in [1.807, 2.05) is 0 Å². The first-order valence-corrected chi connectivity index (χ1v) is 11.4. The van der Waals surface area contributed by atoms with Gasteiger partial charge in [-0.2, -0.15) is 0 Å². The molecule has 0 aromatic heterocycles. The molecule has 16 heteroatoms. The fraction of sp³-hybridized carbons (Fsp3) is 1.00. The molecule has 0 radical (unpaired) electrons. The molecule has 15 atom stereocenters. The standard InChI is InChI=1S/C20H36O16/c1-30-16-7(4-22)34-20(15(29)11(16)25)36-17-8(35-18(31-2)14(28)12(17)26)5-32-19-13(27)10(24)9(23)6(3-21)33-19/h6-29H,3-5H2,1-2H3/t6?,7-,8?,9-,10-,11?,12+,13?,14?,15?,16+,17+,18+,19-,20-/m0/s1. The lowest BCUT2D eigenvalue weighted by Crippen LogP contribution is -2.65. The maximum atomic E-state index is 10.7. The summed E-state index contributed by atoms with van der Waals surface area (Å²) >= 11 is 0. The van der Waals surface area contributed by atoms with Crippen molar-refractivity contribution >= 4 is 0 Å². The van der Waals surface area contributed by atoms with Crippen molar-refractivity contribution in [1.29, 1.82) is 0 Å². The van der Waals surface area contributed by atoms with Crippen molar-refractivity contribution in [3.8, 4) is 0 Å². The average Bonchev–Trinajstić information content (AvgIpc) is 2.88. The summed E-state index contributed by atoms with van der Waals surface area (Å²) in [5, 5.41) is 90.9. The highest BCUT2D eigenvalue weighted by atomic mass is 16.8. The van der Waals surface area contributed by atoms with Crippen molar-refractivity contribution < 1.29 is 79.1 Å². The van der Waals surface area contributed by atoms with Crippen molar-refractivity contribution in [2.24, 2.45) is 0 Å². The molecule has 0 amide bonds. The monoisotopic (exact) mass is 532 g/mol. The van der Waals surface area contributed by atoms with Gasteiger partial charge in [-0.1, -0.05) is 0 Å². The van der Waals surface area contributed by atoms with Gasteiger partial charge in [0.15, 0.2) is 18.9 Å². The molecule has 0 saturated carbocycles. The Labute approximate surface area is 206 Å². The average molecular weight is 532 g/mol. The number of ether oxygens (including phenoxy) is 7. The Morgan fingerprint density at radius 3 is 1.64 bits per heavy atom. The van der Waals surface area contributed by atoms with Crippen LogP contribution in [-0.4, -0.2) is 172 Å². The van der Waals surface area contributed by atoms with Crippen LogP contribution < -0.4 is 0 Å². The molecule has 0 aliphatic carbocycles. The zero-order valence-corrected chi connectivity index (χ0v) is 19.7. The van der Waals surface area contributed by atoms with E-state index in [0.717, 1.165) is 0 Å². The number of methoxy groups -OCH3 is 2. The Morgan fingerprint density at radius 1 is 0.528 bits per heavy atom. The zero-order chi connectivity index (χ0) is 26.7. The van der Waals surface area contributed by atoms with Crippen LogP contribution in [0.2, 0.25) is 0 Å². The SMILES string of the molecule is CO[C@@H]1OC(CO[C@H]2OC(CO)[C@H](O)[C@H](O)C2O)[C@@H](O[C@@H]2O[C@@H](CO)[C@@H](OC)C(O)C2O)[C@H](O)C1O. The first-order valence-electron chi connectivity index (χ1n) is 11.4. The Bertz CT molecular complexity index is 668. The molecule has 6 unspecified atom stereocenters. The predicted molar refractivity (Wildman–Crippen MR) is 111 cm³/mol. The van der Waals surface area contributed by atoms with Crippen LogP contribution >= 0.6 is 0 Å². The molecular weight excluding hydrogens is 496 g/mol. The van der Waals surface area contributed by atoms with E-state index in [4.69, 9.17) is 33.2 Å². The molecule has 3 fully saturated rings. The first-order chi connectivity index (χ1) is 17.1. The lowest BCUT2D eigenvalue weighted by atomic mass is 9.96. The van der Waals surface area contributed by atoms with Crippen LogP contribution in [0.15, 0.2) is 0 Å². The van der Waals surface area contributed by atoms with Crippen LogP contribution in [-0.2, 0) is 33.2 Å². The molecule has 3 heterocycles. The van der Waals surface area contributed by atoms with Gasteiger partial charge in [0.1, 0.15) is 73.2 Å². The minimum atomic E-state index is -1.71. The number of hydrogen-bond donors (Lipinski definition) is 9. The van der Waals surface area contributed by atoms with Crippen LogP contribution in [0.3, 0.4) is 0 Å². The summed E-state index contributed by atoms with van der Waals surface area (Å²) in [4.78, 5) is 0. The molecule has 0 aromatic carbocycles. The highest BCUT2D eigenvalue weighted by Crippen LogP contribution is 2.31. The molecule has 3 aliphatic heterocycles. The smallest absolute Gasteiger partial charge is 0.187 e. The molecule has 3 saturated heterocycles. The third-order valence-electron chi connectivity index (χ3n) is 6.53. The predicted octanol–water partition coefficient (Wildman–Crippen LogP) is -6.26. The van der Waals surface area contributed by atoms with Crippen LogP contribution in [0.5, 0.6) is 0 Å². The second-order valence-corrected chi connectivity index (χ2v) is 8.80. The first kappa shape index (κ1) is 29.9. The molecule has 16 nitrogen and oxygen atoms in total. The summed E-state index contributed by atoms with van der Waals surface area (Å²) in [6, 6.07) is 0. The molecule has 0 spiro atoms. The fourth-order valence-electron chi connectivity index (χ4n) is 4.41. The van der Waals surface area contributed by atoms with Gasteiger partial charge < -0.3 is 79.1 Å². The minimum Gasteiger partial charge on any atom is -0.394 e. The highest BCUT2D eigenvalue weighted by molar-refractivity contribution is 4.95. The molecule has 3 rings (SSSR count). The zero-order valence-electron chi connectivity index (χ0n) is 19.7. The quantitative estimate of drug-likeness (QED) is 0.134. The third kappa shape index (κ3) is 5.99. The maximum Gasteiger partial charge on any atom is 0.187 e. The van der Waals surface area contributed by atoms with Crippen molar-refractivity contribution in [2.75, 3.05) is 34.0 Å². The van der Waals surface area contributed by atoms with Crippen LogP contribution in [0.1, 0.15) is 0 Å². The van der Waals surface area contributed by atoms with Gasteiger partial charge in [-0.15, -0.1) is 0 Å². The van der Waals surface area contributed by atoms with Crippen molar-refractivity contribution in [1.82, 2.24) is 0 Å².